The summed E-state index contributed by atoms with van der Waals surface area (Å²) in [6.45, 7) is 9.02. The zero-order valence-corrected chi connectivity index (χ0v) is 10.9. The SMILES string of the molecule is CCCNCC(CC)(CC)Cc1ccoc1. The van der Waals surface area contributed by atoms with Gasteiger partial charge in [0.05, 0.1) is 12.5 Å². The summed E-state index contributed by atoms with van der Waals surface area (Å²) in [6.07, 6.45) is 8.39. The minimum absolute atomic E-state index is 0.388. The predicted molar refractivity (Wildman–Crippen MR) is 68.6 cm³/mol. The van der Waals surface area contributed by atoms with Crippen LogP contribution in [0.4, 0.5) is 0 Å². The number of hydrogen-bond acceptors (Lipinski definition) is 2. The average molecular weight is 223 g/mol. The van der Waals surface area contributed by atoms with Gasteiger partial charge in [-0.15, -0.1) is 0 Å². The lowest BCUT2D eigenvalue weighted by molar-refractivity contribution is 0.246. The normalized spacial score (nSPS) is 11.9. The molecule has 16 heavy (non-hydrogen) atoms. The third-order valence-electron chi connectivity index (χ3n) is 3.59. The van der Waals surface area contributed by atoms with E-state index in [9.17, 15) is 0 Å². The Bertz CT molecular complexity index is 262. The highest BCUT2D eigenvalue weighted by Crippen LogP contribution is 2.30. The highest BCUT2D eigenvalue weighted by Gasteiger charge is 2.26. The summed E-state index contributed by atoms with van der Waals surface area (Å²) in [7, 11) is 0. The molecule has 1 N–H and O–H groups in total. The molecule has 0 spiro atoms. The Hall–Kier alpha value is -0.760. The van der Waals surface area contributed by atoms with E-state index in [0.717, 1.165) is 19.5 Å². The predicted octanol–water partition coefficient (Wildman–Crippen LogP) is 3.63. The molecule has 0 aliphatic heterocycles. The third-order valence-corrected chi connectivity index (χ3v) is 3.59. The van der Waals surface area contributed by atoms with E-state index in [0.29, 0.717) is 5.41 Å². The first-order valence-electron chi connectivity index (χ1n) is 6.48. The molecule has 1 heterocycles. The van der Waals surface area contributed by atoms with E-state index < -0.39 is 0 Å². The van der Waals surface area contributed by atoms with E-state index in [-0.39, 0.29) is 0 Å². The van der Waals surface area contributed by atoms with Gasteiger partial charge in [-0.25, -0.2) is 0 Å². The molecule has 0 saturated carbocycles. The Kier molecular flexibility index (Phi) is 5.61. The van der Waals surface area contributed by atoms with Gasteiger partial charge in [0.15, 0.2) is 0 Å². The van der Waals surface area contributed by atoms with Crippen molar-refractivity contribution in [3.05, 3.63) is 24.2 Å². The van der Waals surface area contributed by atoms with Gasteiger partial charge in [-0.05, 0) is 49.3 Å². The minimum Gasteiger partial charge on any atom is -0.472 e. The zero-order valence-electron chi connectivity index (χ0n) is 10.9. The molecule has 0 fully saturated rings. The topological polar surface area (TPSA) is 25.2 Å². The molecule has 2 heteroatoms. The zero-order chi connectivity index (χ0) is 11.9. The van der Waals surface area contributed by atoms with Crippen LogP contribution in [0.3, 0.4) is 0 Å². The van der Waals surface area contributed by atoms with Crippen LogP contribution in [-0.2, 0) is 6.42 Å². The Balaban J connectivity index is 2.56. The van der Waals surface area contributed by atoms with Gasteiger partial charge in [-0.3, -0.25) is 0 Å². The molecule has 0 radical (unpaired) electrons. The standard InChI is InChI=1S/C14H25NO/c1-4-8-15-12-14(5-2,6-3)10-13-7-9-16-11-13/h7,9,11,15H,4-6,8,10,12H2,1-3H3. The van der Waals surface area contributed by atoms with Gasteiger partial charge in [-0.2, -0.15) is 0 Å². The van der Waals surface area contributed by atoms with Crippen molar-refractivity contribution in [2.45, 2.75) is 46.5 Å². The fourth-order valence-corrected chi connectivity index (χ4v) is 2.17. The lowest BCUT2D eigenvalue weighted by atomic mass is 9.77. The Morgan fingerprint density at radius 2 is 2.00 bits per heavy atom. The van der Waals surface area contributed by atoms with Crippen LogP contribution in [0.5, 0.6) is 0 Å². The highest BCUT2D eigenvalue weighted by molar-refractivity contribution is 5.09. The molecule has 0 bridgehead atoms. The molecule has 0 amide bonds. The first kappa shape index (κ1) is 13.3. The Morgan fingerprint density at radius 1 is 1.25 bits per heavy atom. The fraction of sp³-hybridized carbons (Fsp3) is 0.714. The molecular weight excluding hydrogens is 198 g/mol. The second-order valence-electron chi connectivity index (χ2n) is 4.69. The Labute approximate surface area is 99.4 Å². The largest absolute Gasteiger partial charge is 0.472 e. The van der Waals surface area contributed by atoms with Crippen LogP contribution in [-0.4, -0.2) is 13.1 Å². The van der Waals surface area contributed by atoms with Crippen molar-refractivity contribution in [2.75, 3.05) is 13.1 Å². The molecule has 0 unspecified atom stereocenters. The number of furan rings is 1. The molecule has 0 aliphatic rings. The molecule has 1 rings (SSSR count). The van der Waals surface area contributed by atoms with Crippen LogP contribution in [0.1, 0.15) is 45.6 Å². The lowest BCUT2D eigenvalue weighted by Crippen LogP contribution is -2.35. The maximum absolute atomic E-state index is 5.15. The van der Waals surface area contributed by atoms with Gasteiger partial charge in [0.25, 0.3) is 0 Å². The van der Waals surface area contributed by atoms with Crippen LogP contribution in [0, 0.1) is 5.41 Å². The summed E-state index contributed by atoms with van der Waals surface area (Å²) in [4.78, 5) is 0. The molecule has 92 valence electrons. The quantitative estimate of drug-likeness (QED) is 0.681. The summed E-state index contributed by atoms with van der Waals surface area (Å²) in [5.41, 5.74) is 1.71. The molecule has 0 saturated heterocycles. The third kappa shape index (κ3) is 3.67. The van der Waals surface area contributed by atoms with Crippen molar-refractivity contribution in [1.82, 2.24) is 5.32 Å². The molecule has 1 aromatic heterocycles. The lowest BCUT2D eigenvalue weighted by Gasteiger charge is -2.31. The number of rotatable bonds is 8. The average Bonchev–Trinajstić information content (AvgIpc) is 2.81. The second-order valence-corrected chi connectivity index (χ2v) is 4.69. The van der Waals surface area contributed by atoms with Gasteiger partial charge < -0.3 is 9.73 Å². The summed E-state index contributed by atoms with van der Waals surface area (Å²) in [5, 5.41) is 3.56. The van der Waals surface area contributed by atoms with Crippen LogP contribution in [0.2, 0.25) is 0 Å². The fourth-order valence-electron chi connectivity index (χ4n) is 2.17. The van der Waals surface area contributed by atoms with E-state index in [2.05, 4.69) is 32.2 Å². The van der Waals surface area contributed by atoms with Crippen molar-refractivity contribution in [1.29, 1.82) is 0 Å². The van der Waals surface area contributed by atoms with Crippen LogP contribution >= 0.6 is 0 Å². The summed E-state index contributed by atoms with van der Waals surface area (Å²) < 4.78 is 5.15. The van der Waals surface area contributed by atoms with Crippen molar-refractivity contribution >= 4 is 0 Å². The van der Waals surface area contributed by atoms with E-state index in [1.807, 2.05) is 6.26 Å². The van der Waals surface area contributed by atoms with Crippen LogP contribution < -0.4 is 5.32 Å². The number of nitrogens with one attached hydrogen (secondary N) is 1. The maximum Gasteiger partial charge on any atom is 0.0934 e. The first-order chi connectivity index (χ1) is 7.76. The van der Waals surface area contributed by atoms with Gasteiger partial charge in [0.2, 0.25) is 0 Å². The monoisotopic (exact) mass is 223 g/mol. The molecule has 1 aromatic rings. The van der Waals surface area contributed by atoms with Crippen molar-refractivity contribution in [3.63, 3.8) is 0 Å². The summed E-state index contributed by atoms with van der Waals surface area (Å²) in [5.74, 6) is 0. The van der Waals surface area contributed by atoms with Crippen molar-refractivity contribution in [3.8, 4) is 0 Å². The molecular formula is C14H25NO. The molecule has 0 aromatic carbocycles. The van der Waals surface area contributed by atoms with Gasteiger partial charge in [-0.1, -0.05) is 20.8 Å². The Morgan fingerprint density at radius 3 is 2.50 bits per heavy atom. The minimum atomic E-state index is 0.388. The maximum atomic E-state index is 5.15. The molecule has 0 aliphatic carbocycles. The van der Waals surface area contributed by atoms with E-state index >= 15 is 0 Å². The van der Waals surface area contributed by atoms with Crippen LogP contribution in [0.25, 0.3) is 0 Å². The van der Waals surface area contributed by atoms with Crippen molar-refractivity contribution < 1.29 is 4.42 Å². The van der Waals surface area contributed by atoms with Gasteiger partial charge >= 0.3 is 0 Å². The van der Waals surface area contributed by atoms with E-state index in [4.69, 9.17) is 4.42 Å². The highest BCUT2D eigenvalue weighted by atomic mass is 16.3. The van der Waals surface area contributed by atoms with Gasteiger partial charge in [0.1, 0.15) is 0 Å². The number of hydrogen-bond donors (Lipinski definition) is 1. The molecule has 2 nitrogen and oxygen atoms in total. The molecule has 0 atom stereocenters. The summed E-state index contributed by atoms with van der Waals surface area (Å²) >= 11 is 0. The van der Waals surface area contributed by atoms with E-state index in [1.54, 1.807) is 6.26 Å². The summed E-state index contributed by atoms with van der Waals surface area (Å²) in [6, 6.07) is 2.08. The van der Waals surface area contributed by atoms with Crippen molar-refractivity contribution in [2.24, 2.45) is 5.41 Å². The smallest absolute Gasteiger partial charge is 0.0934 e. The second kappa shape index (κ2) is 6.74. The first-order valence-corrected chi connectivity index (χ1v) is 6.48. The van der Waals surface area contributed by atoms with Gasteiger partial charge in [0, 0.05) is 6.54 Å². The van der Waals surface area contributed by atoms with Crippen LogP contribution in [0.15, 0.2) is 23.0 Å². The van der Waals surface area contributed by atoms with E-state index in [1.165, 1.54) is 24.8 Å².